The monoisotopic (exact) mass is 298 g/mol. The van der Waals surface area contributed by atoms with Gasteiger partial charge in [0.05, 0.1) is 16.9 Å². The van der Waals surface area contributed by atoms with Gasteiger partial charge in [0.1, 0.15) is 5.82 Å². The lowest BCUT2D eigenvalue weighted by molar-refractivity contribution is -0.137. The summed E-state index contributed by atoms with van der Waals surface area (Å²) in [7, 11) is 0. The molecule has 0 aliphatic rings. The number of anilines is 2. The van der Waals surface area contributed by atoms with E-state index in [2.05, 4.69) is 5.32 Å². The summed E-state index contributed by atoms with van der Waals surface area (Å²) in [4.78, 5) is 0. The SMILES string of the molecule is Nc1cc(C(F)(F)F)ccc1NCCc1cccc(F)c1. The van der Waals surface area contributed by atoms with Crippen LogP contribution in [0.25, 0.3) is 0 Å². The fourth-order valence-corrected chi connectivity index (χ4v) is 1.93. The van der Waals surface area contributed by atoms with Crippen molar-refractivity contribution in [1.82, 2.24) is 0 Å². The molecule has 0 atom stereocenters. The number of hydrogen-bond acceptors (Lipinski definition) is 2. The van der Waals surface area contributed by atoms with Crippen molar-refractivity contribution >= 4 is 11.4 Å². The molecule has 2 rings (SSSR count). The zero-order valence-electron chi connectivity index (χ0n) is 11.0. The van der Waals surface area contributed by atoms with Crippen LogP contribution < -0.4 is 11.1 Å². The third kappa shape index (κ3) is 4.11. The largest absolute Gasteiger partial charge is 0.416 e. The smallest absolute Gasteiger partial charge is 0.397 e. The van der Waals surface area contributed by atoms with Gasteiger partial charge in [-0.2, -0.15) is 13.2 Å². The Morgan fingerprint density at radius 1 is 1.05 bits per heavy atom. The summed E-state index contributed by atoms with van der Waals surface area (Å²) >= 11 is 0. The molecule has 0 unspecified atom stereocenters. The fraction of sp³-hybridized carbons (Fsp3) is 0.200. The van der Waals surface area contributed by atoms with Gasteiger partial charge in [-0.25, -0.2) is 4.39 Å². The molecule has 2 aromatic rings. The molecule has 0 spiro atoms. The standard InChI is InChI=1S/C15H14F4N2/c16-12-3-1-2-10(8-12)6-7-21-14-5-4-11(9-13(14)20)15(17,18)19/h1-5,8-9,21H,6-7,20H2. The highest BCUT2D eigenvalue weighted by Crippen LogP contribution is 2.32. The summed E-state index contributed by atoms with van der Waals surface area (Å²) in [5.74, 6) is -0.318. The van der Waals surface area contributed by atoms with Gasteiger partial charge < -0.3 is 11.1 Å². The van der Waals surface area contributed by atoms with E-state index >= 15 is 0 Å². The molecular formula is C15H14F4N2. The average Bonchev–Trinajstić information content (AvgIpc) is 2.39. The molecule has 0 saturated heterocycles. The van der Waals surface area contributed by atoms with Gasteiger partial charge in [-0.05, 0) is 42.3 Å². The van der Waals surface area contributed by atoms with Crippen molar-refractivity contribution in [3.05, 3.63) is 59.4 Å². The molecule has 21 heavy (non-hydrogen) atoms. The Labute approximate surface area is 119 Å². The van der Waals surface area contributed by atoms with Crippen LogP contribution in [0.3, 0.4) is 0 Å². The zero-order valence-corrected chi connectivity index (χ0v) is 11.0. The van der Waals surface area contributed by atoms with E-state index in [9.17, 15) is 17.6 Å². The first kappa shape index (κ1) is 15.2. The minimum absolute atomic E-state index is 0.0315. The van der Waals surface area contributed by atoms with Gasteiger partial charge in [-0.1, -0.05) is 12.1 Å². The molecule has 0 saturated carbocycles. The first-order chi connectivity index (χ1) is 9.86. The zero-order chi connectivity index (χ0) is 15.5. The van der Waals surface area contributed by atoms with E-state index in [1.54, 1.807) is 12.1 Å². The van der Waals surface area contributed by atoms with Crippen molar-refractivity contribution in [2.24, 2.45) is 0 Å². The average molecular weight is 298 g/mol. The van der Waals surface area contributed by atoms with Crippen LogP contribution in [0.15, 0.2) is 42.5 Å². The third-order valence-electron chi connectivity index (χ3n) is 3.00. The molecule has 0 heterocycles. The summed E-state index contributed by atoms with van der Waals surface area (Å²) in [6.07, 6.45) is -3.87. The van der Waals surface area contributed by atoms with Crippen molar-refractivity contribution < 1.29 is 17.6 Å². The van der Waals surface area contributed by atoms with Crippen molar-refractivity contribution in [1.29, 1.82) is 0 Å². The maximum atomic E-state index is 13.0. The maximum Gasteiger partial charge on any atom is 0.416 e. The number of nitrogens with one attached hydrogen (secondary N) is 1. The minimum Gasteiger partial charge on any atom is -0.397 e. The quantitative estimate of drug-likeness (QED) is 0.659. The second-order valence-corrected chi connectivity index (χ2v) is 4.61. The van der Waals surface area contributed by atoms with Crippen LogP contribution in [0.2, 0.25) is 0 Å². The van der Waals surface area contributed by atoms with Crippen LogP contribution in [0.5, 0.6) is 0 Å². The van der Waals surface area contributed by atoms with E-state index in [4.69, 9.17) is 5.73 Å². The Hall–Kier alpha value is -2.24. The number of hydrogen-bond donors (Lipinski definition) is 2. The lowest BCUT2D eigenvalue weighted by Crippen LogP contribution is -2.10. The van der Waals surface area contributed by atoms with Crippen molar-refractivity contribution in [3.8, 4) is 0 Å². The molecule has 6 heteroatoms. The molecule has 0 bridgehead atoms. The van der Waals surface area contributed by atoms with E-state index in [0.29, 0.717) is 18.7 Å². The van der Waals surface area contributed by atoms with E-state index in [-0.39, 0.29) is 11.5 Å². The summed E-state index contributed by atoms with van der Waals surface area (Å²) in [6, 6.07) is 9.32. The van der Waals surface area contributed by atoms with Gasteiger partial charge in [0.25, 0.3) is 0 Å². The number of nitrogen functional groups attached to an aromatic ring is 1. The number of rotatable bonds is 4. The molecule has 3 N–H and O–H groups in total. The third-order valence-corrected chi connectivity index (χ3v) is 3.00. The number of alkyl halides is 3. The van der Waals surface area contributed by atoms with Crippen molar-refractivity contribution in [2.45, 2.75) is 12.6 Å². The van der Waals surface area contributed by atoms with Gasteiger partial charge in [0.2, 0.25) is 0 Å². The van der Waals surface area contributed by atoms with Gasteiger partial charge in [0.15, 0.2) is 0 Å². The Morgan fingerprint density at radius 3 is 2.43 bits per heavy atom. The predicted octanol–water partition coefficient (Wildman–Crippen LogP) is 4.08. The van der Waals surface area contributed by atoms with Crippen LogP contribution in [-0.4, -0.2) is 6.54 Å². The van der Waals surface area contributed by atoms with E-state index in [0.717, 1.165) is 17.7 Å². The molecule has 2 aromatic carbocycles. The molecule has 0 aromatic heterocycles. The molecule has 0 radical (unpaired) electrons. The molecule has 112 valence electrons. The Bertz CT molecular complexity index is 623. The van der Waals surface area contributed by atoms with Gasteiger partial charge in [0, 0.05) is 6.54 Å². The minimum atomic E-state index is -4.41. The number of nitrogens with two attached hydrogens (primary N) is 1. The molecule has 0 amide bonds. The van der Waals surface area contributed by atoms with Gasteiger partial charge in [-0.3, -0.25) is 0 Å². The lowest BCUT2D eigenvalue weighted by atomic mass is 10.1. The van der Waals surface area contributed by atoms with Crippen molar-refractivity contribution in [2.75, 3.05) is 17.6 Å². The number of benzene rings is 2. The molecule has 0 aliphatic carbocycles. The predicted molar refractivity (Wildman–Crippen MR) is 74.5 cm³/mol. The Balaban J connectivity index is 1.98. The molecule has 2 nitrogen and oxygen atoms in total. The van der Waals surface area contributed by atoms with E-state index < -0.39 is 11.7 Å². The Kier molecular flexibility index (Phi) is 4.35. The first-order valence-electron chi connectivity index (χ1n) is 6.31. The lowest BCUT2D eigenvalue weighted by Gasteiger charge is -2.12. The second-order valence-electron chi connectivity index (χ2n) is 4.61. The van der Waals surface area contributed by atoms with Crippen LogP contribution in [0, 0.1) is 5.82 Å². The van der Waals surface area contributed by atoms with Crippen LogP contribution in [0.4, 0.5) is 28.9 Å². The molecule has 0 aliphatic heterocycles. The first-order valence-corrected chi connectivity index (χ1v) is 6.31. The summed E-state index contributed by atoms with van der Waals surface area (Å²) in [6.45, 7) is 0.443. The highest BCUT2D eigenvalue weighted by molar-refractivity contribution is 5.67. The fourth-order valence-electron chi connectivity index (χ4n) is 1.93. The summed E-state index contributed by atoms with van der Waals surface area (Å²) < 4.78 is 50.5. The van der Waals surface area contributed by atoms with Gasteiger partial charge >= 0.3 is 6.18 Å². The van der Waals surface area contributed by atoms with E-state index in [1.165, 1.54) is 18.2 Å². The van der Waals surface area contributed by atoms with E-state index in [1.807, 2.05) is 0 Å². The normalized spacial score (nSPS) is 11.4. The topological polar surface area (TPSA) is 38.0 Å². The maximum absolute atomic E-state index is 13.0. The summed E-state index contributed by atoms with van der Waals surface area (Å²) in [5.41, 5.74) is 6.08. The second kappa shape index (κ2) is 6.03. The Morgan fingerprint density at radius 2 is 1.81 bits per heavy atom. The van der Waals surface area contributed by atoms with Crippen LogP contribution in [-0.2, 0) is 12.6 Å². The molecular weight excluding hydrogens is 284 g/mol. The molecule has 0 fully saturated rings. The van der Waals surface area contributed by atoms with Crippen molar-refractivity contribution in [3.63, 3.8) is 0 Å². The van der Waals surface area contributed by atoms with Crippen LogP contribution in [0.1, 0.15) is 11.1 Å². The number of halogens is 4. The van der Waals surface area contributed by atoms with Crippen LogP contribution >= 0.6 is 0 Å². The highest BCUT2D eigenvalue weighted by atomic mass is 19.4. The van der Waals surface area contributed by atoms with Gasteiger partial charge in [-0.15, -0.1) is 0 Å². The highest BCUT2D eigenvalue weighted by Gasteiger charge is 2.30. The summed E-state index contributed by atoms with van der Waals surface area (Å²) in [5, 5.41) is 2.94.